The van der Waals surface area contributed by atoms with E-state index >= 15 is 0 Å². The van der Waals surface area contributed by atoms with E-state index in [2.05, 4.69) is 42.6 Å². The lowest BCUT2D eigenvalue weighted by molar-refractivity contribution is -0.116. The molecule has 28 heavy (non-hydrogen) atoms. The second-order valence-corrected chi connectivity index (χ2v) is 7.57. The number of fused-ring (bicyclic) bond motifs is 2. The summed E-state index contributed by atoms with van der Waals surface area (Å²) in [7, 11) is 0. The SMILES string of the molecule is C=C1c2ccccc2C(=O)N1CC(=O)Nc1ccc2c(ccn2CC(C)C)c1. The Bertz CT molecular complexity index is 1060. The minimum absolute atomic E-state index is 0.0568. The molecule has 0 saturated heterocycles. The molecule has 1 aromatic heterocycles. The molecule has 5 nitrogen and oxygen atoms in total. The maximum atomic E-state index is 12.5. The van der Waals surface area contributed by atoms with E-state index in [1.807, 2.05) is 36.4 Å². The molecule has 0 bridgehead atoms. The zero-order chi connectivity index (χ0) is 19.8. The highest BCUT2D eigenvalue weighted by molar-refractivity contribution is 6.11. The first-order valence-corrected chi connectivity index (χ1v) is 9.43. The van der Waals surface area contributed by atoms with Gasteiger partial charge in [-0.25, -0.2) is 0 Å². The van der Waals surface area contributed by atoms with E-state index in [1.165, 1.54) is 4.90 Å². The van der Waals surface area contributed by atoms with Crippen LogP contribution in [0.25, 0.3) is 16.6 Å². The van der Waals surface area contributed by atoms with Crippen LogP contribution in [0.3, 0.4) is 0 Å². The predicted molar refractivity (Wildman–Crippen MR) is 112 cm³/mol. The van der Waals surface area contributed by atoms with Gasteiger partial charge in [0, 0.05) is 46.2 Å². The molecule has 0 aliphatic carbocycles. The lowest BCUT2D eigenvalue weighted by Gasteiger charge is -2.17. The summed E-state index contributed by atoms with van der Waals surface area (Å²) < 4.78 is 2.22. The molecule has 0 spiro atoms. The highest BCUT2D eigenvalue weighted by Crippen LogP contribution is 2.31. The minimum Gasteiger partial charge on any atom is -0.347 e. The fraction of sp³-hybridized carbons (Fsp3) is 0.217. The Balaban J connectivity index is 1.47. The fourth-order valence-electron chi connectivity index (χ4n) is 3.68. The van der Waals surface area contributed by atoms with Gasteiger partial charge in [0.1, 0.15) is 6.54 Å². The van der Waals surface area contributed by atoms with Crippen LogP contribution in [0.2, 0.25) is 0 Å². The molecule has 142 valence electrons. The minimum atomic E-state index is -0.247. The van der Waals surface area contributed by atoms with Crippen LogP contribution in [0.5, 0.6) is 0 Å². The van der Waals surface area contributed by atoms with Crippen LogP contribution in [-0.2, 0) is 11.3 Å². The smallest absolute Gasteiger partial charge is 0.259 e. The number of benzene rings is 2. The number of rotatable bonds is 5. The van der Waals surface area contributed by atoms with Crippen molar-refractivity contribution < 1.29 is 9.59 Å². The van der Waals surface area contributed by atoms with Crippen LogP contribution >= 0.6 is 0 Å². The van der Waals surface area contributed by atoms with E-state index in [0.29, 0.717) is 17.2 Å². The van der Waals surface area contributed by atoms with Crippen LogP contribution < -0.4 is 5.32 Å². The van der Waals surface area contributed by atoms with E-state index in [0.717, 1.165) is 28.7 Å². The Morgan fingerprint density at radius 2 is 1.86 bits per heavy atom. The first-order valence-electron chi connectivity index (χ1n) is 9.43. The monoisotopic (exact) mass is 373 g/mol. The Hall–Kier alpha value is -3.34. The highest BCUT2D eigenvalue weighted by atomic mass is 16.2. The van der Waals surface area contributed by atoms with Crippen molar-refractivity contribution in [3.05, 3.63) is 72.4 Å². The molecule has 2 aromatic carbocycles. The molecule has 0 saturated carbocycles. The van der Waals surface area contributed by atoms with Crippen molar-refractivity contribution >= 4 is 34.1 Å². The standard InChI is InChI=1S/C23H23N3O2/c1-15(2)13-25-11-10-17-12-18(8-9-21(17)25)24-22(27)14-26-16(3)19-6-4-5-7-20(19)23(26)28/h4-12,15H,3,13-14H2,1-2H3,(H,24,27). The molecule has 2 heterocycles. The van der Waals surface area contributed by atoms with Gasteiger partial charge >= 0.3 is 0 Å². The summed E-state index contributed by atoms with van der Waals surface area (Å²) in [5.74, 6) is 0.130. The number of aromatic nitrogens is 1. The third-order valence-corrected chi connectivity index (χ3v) is 4.96. The molecule has 0 fully saturated rings. The van der Waals surface area contributed by atoms with E-state index in [4.69, 9.17) is 0 Å². The molecule has 0 atom stereocenters. The lowest BCUT2D eigenvalue weighted by Crippen LogP contribution is -2.32. The van der Waals surface area contributed by atoms with Gasteiger partial charge in [0.2, 0.25) is 5.91 Å². The van der Waals surface area contributed by atoms with Gasteiger partial charge in [-0.15, -0.1) is 0 Å². The van der Waals surface area contributed by atoms with Crippen LogP contribution in [0, 0.1) is 5.92 Å². The third-order valence-electron chi connectivity index (χ3n) is 4.96. The molecular formula is C23H23N3O2. The summed E-state index contributed by atoms with van der Waals surface area (Å²) >= 11 is 0. The van der Waals surface area contributed by atoms with Gasteiger partial charge in [0.25, 0.3) is 5.91 Å². The van der Waals surface area contributed by atoms with Gasteiger partial charge in [0.05, 0.1) is 0 Å². The normalized spacial score (nSPS) is 13.5. The molecule has 4 rings (SSSR count). The average Bonchev–Trinajstić information content (AvgIpc) is 3.16. The van der Waals surface area contributed by atoms with Crippen molar-refractivity contribution in [1.82, 2.24) is 9.47 Å². The van der Waals surface area contributed by atoms with Crippen LogP contribution in [0.4, 0.5) is 5.69 Å². The second kappa shape index (κ2) is 7.00. The van der Waals surface area contributed by atoms with Gasteiger partial charge in [0.15, 0.2) is 0 Å². The zero-order valence-electron chi connectivity index (χ0n) is 16.1. The van der Waals surface area contributed by atoms with Crippen molar-refractivity contribution in [2.24, 2.45) is 5.92 Å². The number of carbonyl (C=O) groups excluding carboxylic acids is 2. The van der Waals surface area contributed by atoms with Gasteiger partial charge in [-0.05, 0) is 36.2 Å². The van der Waals surface area contributed by atoms with Gasteiger partial charge in [-0.3, -0.25) is 14.5 Å². The summed E-state index contributed by atoms with van der Waals surface area (Å²) in [6, 6.07) is 15.2. The van der Waals surface area contributed by atoms with Crippen LogP contribution in [0.1, 0.15) is 29.8 Å². The summed E-state index contributed by atoms with van der Waals surface area (Å²) in [5.41, 5.74) is 3.80. The van der Waals surface area contributed by atoms with Crippen molar-refractivity contribution in [2.45, 2.75) is 20.4 Å². The number of hydrogen-bond acceptors (Lipinski definition) is 2. The number of nitrogens with zero attached hydrogens (tertiary/aromatic N) is 2. The first-order chi connectivity index (χ1) is 13.4. The van der Waals surface area contributed by atoms with Crippen LogP contribution in [0.15, 0.2) is 61.3 Å². The van der Waals surface area contributed by atoms with E-state index < -0.39 is 0 Å². The molecule has 1 aliphatic rings. The van der Waals surface area contributed by atoms with Gasteiger partial charge in [-0.1, -0.05) is 38.6 Å². The van der Waals surface area contributed by atoms with Gasteiger partial charge < -0.3 is 9.88 Å². The molecule has 0 unspecified atom stereocenters. The van der Waals surface area contributed by atoms with E-state index in [9.17, 15) is 9.59 Å². The van der Waals surface area contributed by atoms with Crippen molar-refractivity contribution in [2.75, 3.05) is 11.9 Å². The Kier molecular flexibility index (Phi) is 4.51. The van der Waals surface area contributed by atoms with Crippen molar-refractivity contribution in [3.8, 4) is 0 Å². The quantitative estimate of drug-likeness (QED) is 0.722. The third kappa shape index (κ3) is 3.20. The lowest BCUT2D eigenvalue weighted by atomic mass is 10.1. The summed E-state index contributed by atoms with van der Waals surface area (Å²) in [6.45, 7) is 9.25. The summed E-state index contributed by atoms with van der Waals surface area (Å²) in [5, 5.41) is 3.97. The Morgan fingerprint density at radius 3 is 2.57 bits per heavy atom. The average molecular weight is 373 g/mol. The predicted octanol–water partition coefficient (Wildman–Crippen LogP) is 4.36. The largest absolute Gasteiger partial charge is 0.347 e. The van der Waals surface area contributed by atoms with Crippen molar-refractivity contribution in [3.63, 3.8) is 0 Å². The molecule has 5 heteroatoms. The zero-order valence-corrected chi connectivity index (χ0v) is 16.1. The number of anilines is 1. The maximum Gasteiger partial charge on any atom is 0.259 e. The number of carbonyl (C=O) groups is 2. The van der Waals surface area contributed by atoms with E-state index in [1.54, 1.807) is 6.07 Å². The van der Waals surface area contributed by atoms with Gasteiger partial charge in [-0.2, -0.15) is 0 Å². The number of nitrogens with one attached hydrogen (secondary N) is 1. The molecule has 1 aliphatic heterocycles. The van der Waals surface area contributed by atoms with Crippen molar-refractivity contribution in [1.29, 1.82) is 0 Å². The first kappa shape index (κ1) is 18.0. The topological polar surface area (TPSA) is 54.3 Å². The molecule has 0 radical (unpaired) electrons. The molecule has 3 aromatic rings. The molecular weight excluding hydrogens is 350 g/mol. The highest BCUT2D eigenvalue weighted by Gasteiger charge is 2.31. The van der Waals surface area contributed by atoms with E-state index in [-0.39, 0.29) is 18.4 Å². The molecule has 2 amide bonds. The number of hydrogen-bond donors (Lipinski definition) is 1. The summed E-state index contributed by atoms with van der Waals surface area (Å²) in [4.78, 5) is 26.5. The van der Waals surface area contributed by atoms with Crippen LogP contribution in [-0.4, -0.2) is 27.8 Å². The number of amides is 2. The second-order valence-electron chi connectivity index (χ2n) is 7.57. The Labute approximate surface area is 164 Å². The fourth-order valence-corrected chi connectivity index (χ4v) is 3.68. The maximum absolute atomic E-state index is 12.5. The summed E-state index contributed by atoms with van der Waals surface area (Å²) in [6.07, 6.45) is 2.07. The Morgan fingerprint density at radius 1 is 1.11 bits per heavy atom. The molecule has 1 N–H and O–H groups in total.